The summed E-state index contributed by atoms with van der Waals surface area (Å²) < 4.78 is 1.99. The van der Waals surface area contributed by atoms with Crippen LogP contribution in [0.3, 0.4) is 0 Å². The highest BCUT2D eigenvalue weighted by molar-refractivity contribution is 5.87. The maximum atomic E-state index is 12.2. The number of carbonyl (C=O) groups excluding carboxylic acids is 1. The molecule has 0 spiro atoms. The van der Waals surface area contributed by atoms with Gasteiger partial charge in [0.05, 0.1) is 28.7 Å². The molecule has 148 valence electrons. The zero-order chi connectivity index (χ0) is 20.0. The van der Waals surface area contributed by atoms with Crippen molar-refractivity contribution in [3.8, 4) is 11.8 Å². The molecule has 0 saturated heterocycles. The molecule has 1 aromatic carbocycles. The second kappa shape index (κ2) is 7.16. The highest BCUT2D eigenvalue weighted by atomic mass is 16.2. The van der Waals surface area contributed by atoms with Gasteiger partial charge in [-0.15, -0.1) is 0 Å². The van der Waals surface area contributed by atoms with E-state index in [4.69, 9.17) is 5.10 Å². The average molecular weight is 387 g/mol. The van der Waals surface area contributed by atoms with E-state index in [0.717, 1.165) is 30.8 Å². The Morgan fingerprint density at radius 1 is 1.34 bits per heavy atom. The summed E-state index contributed by atoms with van der Waals surface area (Å²) >= 11 is 0. The van der Waals surface area contributed by atoms with E-state index in [1.54, 1.807) is 0 Å². The summed E-state index contributed by atoms with van der Waals surface area (Å²) in [5, 5.41) is 18.3. The van der Waals surface area contributed by atoms with Crippen molar-refractivity contribution in [2.24, 2.45) is 0 Å². The van der Waals surface area contributed by atoms with E-state index >= 15 is 0 Å². The summed E-state index contributed by atoms with van der Waals surface area (Å²) in [5.41, 5.74) is 6.26. The van der Waals surface area contributed by atoms with Crippen LogP contribution in [0.15, 0.2) is 30.9 Å². The normalized spacial score (nSPS) is 20.9. The van der Waals surface area contributed by atoms with Crippen LogP contribution in [-0.4, -0.2) is 40.2 Å². The van der Waals surface area contributed by atoms with Crippen molar-refractivity contribution in [2.45, 2.75) is 44.1 Å². The molecule has 1 atom stereocenters. The van der Waals surface area contributed by atoms with Crippen LogP contribution in [0.5, 0.6) is 0 Å². The molecule has 1 N–H and O–H groups in total. The summed E-state index contributed by atoms with van der Waals surface area (Å²) in [6.45, 7) is 5.72. The van der Waals surface area contributed by atoms with Crippen molar-refractivity contribution in [1.29, 1.82) is 5.26 Å². The van der Waals surface area contributed by atoms with Gasteiger partial charge in [0, 0.05) is 38.0 Å². The lowest BCUT2D eigenvalue weighted by molar-refractivity contribution is -0.126. The number of hydrogen-bond donors (Lipinski definition) is 1. The van der Waals surface area contributed by atoms with Crippen molar-refractivity contribution in [3.63, 3.8) is 0 Å². The second-order valence-electron chi connectivity index (χ2n) is 8.23. The van der Waals surface area contributed by atoms with Gasteiger partial charge in [0.15, 0.2) is 0 Å². The van der Waals surface area contributed by atoms with Crippen molar-refractivity contribution in [1.82, 2.24) is 20.0 Å². The molecule has 2 aliphatic heterocycles. The van der Waals surface area contributed by atoms with E-state index < -0.39 is 0 Å². The maximum absolute atomic E-state index is 12.2. The first-order valence-electron chi connectivity index (χ1n) is 10.5. The molecule has 6 nitrogen and oxygen atoms in total. The molecule has 2 aromatic rings. The molecule has 3 aliphatic rings. The molecule has 0 radical (unpaired) electrons. The molecule has 29 heavy (non-hydrogen) atoms. The Kier molecular flexibility index (Phi) is 4.48. The molecule has 6 heteroatoms. The predicted molar refractivity (Wildman–Crippen MR) is 110 cm³/mol. The number of rotatable bonds is 3. The van der Waals surface area contributed by atoms with Crippen LogP contribution in [0.4, 0.5) is 0 Å². The minimum atomic E-state index is -0.0321. The third kappa shape index (κ3) is 2.97. The Morgan fingerprint density at radius 2 is 2.21 bits per heavy atom. The van der Waals surface area contributed by atoms with Crippen LogP contribution >= 0.6 is 0 Å². The van der Waals surface area contributed by atoms with Gasteiger partial charge in [0.1, 0.15) is 6.07 Å². The van der Waals surface area contributed by atoms with Crippen molar-refractivity contribution in [3.05, 3.63) is 58.9 Å². The maximum Gasteiger partial charge on any atom is 0.246 e. The van der Waals surface area contributed by atoms with Crippen LogP contribution in [-0.2, 0) is 17.6 Å². The fraction of sp³-hybridized carbons (Fsp3) is 0.435. The van der Waals surface area contributed by atoms with Gasteiger partial charge in [-0.3, -0.25) is 4.79 Å². The van der Waals surface area contributed by atoms with Gasteiger partial charge in [0.2, 0.25) is 5.91 Å². The zero-order valence-electron chi connectivity index (χ0n) is 16.5. The van der Waals surface area contributed by atoms with Gasteiger partial charge < -0.3 is 10.2 Å². The minimum Gasteiger partial charge on any atom is -0.337 e. The first-order valence-corrected chi connectivity index (χ1v) is 10.5. The molecule has 5 rings (SSSR count). The number of nitrogens with zero attached hydrogens (tertiary/aromatic N) is 4. The second-order valence-corrected chi connectivity index (χ2v) is 8.23. The van der Waals surface area contributed by atoms with Gasteiger partial charge in [0.25, 0.3) is 0 Å². The Bertz CT molecular complexity index is 1030. The zero-order valence-corrected chi connectivity index (χ0v) is 16.5. The average Bonchev–Trinajstić information content (AvgIpc) is 2.97. The van der Waals surface area contributed by atoms with E-state index in [-0.39, 0.29) is 11.9 Å². The molecule has 1 unspecified atom stereocenters. The minimum absolute atomic E-state index is 0.0321. The predicted octanol–water partition coefficient (Wildman–Crippen LogP) is 2.77. The number of aromatic nitrogens is 2. The fourth-order valence-electron chi connectivity index (χ4n) is 4.87. The Morgan fingerprint density at radius 3 is 2.93 bits per heavy atom. The monoisotopic (exact) mass is 387 g/mol. The van der Waals surface area contributed by atoms with E-state index in [2.05, 4.69) is 36.2 Å². The van der Waals surface area contributed by atoms with Gasteiger partial charge in [-0.2, -0.15) is 10.4 Å². The van der Waals surface area contributed by atoms with Crippen molar-refractivity contribution < 1.29 is 4.79 Å². The van der Waals surface area contributed by atoms with Gasteiger partial charge in [-0.25, -0.2) is 4.68 Å². The van der Waals surface area contributed by atoms with Crippen LogP contribution in [0.25, 0.3) is 5.69 Å². The fourth-order valence-corrected chi connectivity index (χ4v) is 4.87. The Labute approximate surface area is 170 Å². The number of benzene rings is 1. The van der Waals surface area contributed by atoms with Crippen LogP contribution < -0.4 is 5.32 Å². The quantitative estimate of drug-likeness (QED) is 0.822. The molecule has 1 aromatic heterocycles. The summed E-state index contributed by atoms with van der Waals surface area (Å²) in [6.07, 6.45) is 6.69. The van der Waals surface area contributed by atoms with Gasteiger partial charge in [-0.1, -0.05) is 19.1 Å². The van der Waals surface area contributed by atoms with E-state index in [1.807, 2.05) is 9.58 Å². The van der Waals surface area contributed by atoms with Crippen molar-refractivity contribution >= 4 is 5.91 Å². The molecular formula is C23H25N5O. The topological polar surface area (TPSA) is 74.0 Å². The van der Waals surface area contributed by atoms with E-state index in [9.17, 15) is 10.1 Å². The van der Waals surface area contributed by atoms with E-state index in [0.29, 0.717) is 24.6 Å². The largest absolute Gasteiger partial charge is 0.337 e. The lowest BCUT2D eigenvalue weighted by Crippen LogP contribution is -2.40. The molecule has 1 fully saturated rings. The summed E-state index contributed by atoms with van der Waals surface area (Å²) in [4.78, 5) is 14.0. The number of nitrogens with one attached hydrogen (secondary N) is 1. The third-order valence-electron chi connectivity index (χ3n) is 6.65. The lowest BCUT2D eigenvalue weighted by Gasteiger charge is -2.29. The molecule has 1 aliphatic carbocycles. The number of carbonyl (C=O) groups is 1. The Balaban J connectivity index is 1.55. The van der Waals surface area contributed by atoms with Crippen LogP contribution in [0.2, 0.25) is 0 Å². The third-order valence-corrected chi connectivity index (χ3v) is 6.65. The van der Waals surface area contributed by atoms with Crippen molar-refractivity contribution in [2.75, 3.05) is 19.6 Å². The number of amides is 1. The SMILES string of the molecule is C=CC(=O)N1CCc2nn(-c3ccc(C4CCC4)cc3C#N)c3c2C(C1)NCC3. The molecule has 1 amide bonds. The standard InChI is InChI=1S/C23H25N5O/c1-2-22(29)27-11-9-18-23-19(14-27)25-10-8-21(23)28(26-18)20-7-6-16(12-17(20)13-24)15-4-3-5-15/h2,6-7,12,15,19,25H,1,3-5,8-11,14H2. The molecule has 1 saturated carbocycles. The highest BCUT2D eigenvalue weighted by Crippen LogP contribution is 2.38. The molecular weight excluding hydrogens is 362 g/mol. The number of hydrogen-bond acceptors (Lipinski definition) is 4. The molecule has 3 heterocycles. The lowest BCUT2D eigenvalue weighted by atomic mass is 9.79. The Hall–Kier alpha value is -2.91. The molecule has 0 bridgehead atoms. The van der Waals surface area contributed by atoms with Crippen LogP contribution in [0.1, 0.15) is 59.3 Å². The first-order chi connectivity index (χ1) is 14.2. The summed E-state index contributed by atoms with van der Waals surface area (Å²) in [6, 6.07) is 8.77. The number of nitriles is 1. The van der Waals surface area contributed by atoms with Gasteiger partial charge in [-0.05, 0) is 42.5 Å². The smallest absolute Gasteiger partial charge is 0.246 e. The highest BCUT2D eigenvalue weighted by Gasteiger charge is 2.34. The van der Waals surface area contributed by atoms with Gasteiger partial charge >= 0.3 is 0 Å². The summed E-state index contributed by atoms with van der Waals surface area (Å²) in [5.74, 6) is 0.570. The summed E-state index contributed by atoms with van der Waals surface area (Å²) in [7, 11) is 0. The first kappa shape index (κ1) is 18.1. The van der Waals surface area contributed by atoms with E-state index in [1.165, 1.54) is 42.2 Å². The van der Waals surface area contributed by atoms with Crippen LogP contribution in [0, 0.1) is 11.3 Å².